The predicted molar refractivity (Wildman–Crippen MR) is 326 cm³/mol. The first-order chi connectivity index (χ1) is 35.3. The van der Waals surface area contributed by atoms with E-state index in [4.69, 9.17) is 153 Å². The number of furan rings is 1. The van der Waals surface area contributed by atoms with Crippen molar-refractivity contribution in [3.8, 4) is 67.5 Å². The predicted octanol–water partition coefficient (Wildman–Crippen LogP) is -6.43. The van der Waals surface area contributed by atoms with Gasteiger partial charge in [-0.2, -0.15) is 0 Å². The molecule has 0 aliphatic carbocycles. The van der Waals surface area contributed by atoms with Crippen molar-refractivity contribution in [1.82, 2.24) is 15.0 Å². The van der Waals surface area contributed by atoms with Crippen LogP contribution in [0.25, 0.3) is 111 Å². The van der Waals surface area contributed by atoms with E-state index in [0.29, 0.717) is 11.1 Å². The summed E-state index contributed by atoms with van der Waals surface area (Å²) in [5.41, 5.74) is 2.42. The fourth-order valence-corrected chi connectivity index (χ4v) is 9.95. The zero-order valence-corrected chi connectivity index (χ0v) is 39.3. The van der Waals surface area contributed by atoms with E-state index in [1.807, 2.05) is 66.7 Å². The average Bonchev–Trinajstić information content (AvgIpc) is 3.85. The number of rotatable bonds is 6. The first-order valence-electron chi connectivity index (χ1n) is 22.7. The van der Waals surface area contributed by atoms with Gasteiger partial charge in [-0.1, -0.05) is 146 Å². The Balaban J connectivity index is 1.24. The Morgan fingerprint density at radius 2 is 0.649 bits per heavy atom. The van der Waals surface area contributed by atoms with Gasteiger partial charge in [-0.25, -0.2) is 15.0 Å². The van der Waals surface area contributed by atoms with E-state index in [9.17, 15) is 0 Å². The normalized spacial score (nSPS) is 11.6. The van der Waals surface area contributed by atoms with Gasteiger partial charge in [0.15, 0.2) is 17.5 Å². The lowest BCUT2D eigenvalue weighted by Crippen LogP contribution is -2.57. The largest absolute Gasteiger partial charge is 0.457 e. The fourth-order valence-electron chi connectivity index (χ4n) is 9.95. The van der Waals surface area contributed by atoms with E-state index in [-0.39, 0.29) is 171 Å². The van der Waals surface area contributed by atoms with Gasteiger partial charge in [0.05, 0.1) is 0 Å². The van der Waals surface area contributed by atoms with Crippen LogP contribution in [0.3, 0.4) is 0 Å². The Morgan fingerprint density at radius 1 is 0.243 bits per heavy atom. The van der Waals surface area contributed by atoms with Gasteiger partial charge in [-0.05, 0) is 71.9 Å². The maximum Gasteiger partial charge on any atom is 0.164 e. The van der Waals surface area contributed by atoms with Crippen molar-refractivity contribution >= 4 is 270 Å². The second kappa shape index (κ2) is 18.4. The smallest absolute Gasteiger partial charge is 0.164 e. The molecule has 2 aromatic heterocycles. The van der Waals surface area contributed by atoms with Crippen LogP contribution < -0.4 is 92.9 Å². The van der Waals surface area contributed by atoms with Crippen molar-refractivity contribution in [1.29, 1.82) is 0 Å². The molecule has 0 amide bonds. The summed E-state index contributed by atoms with van der Waals surface area (Å²) >= 11 is 0. The minimum absolute atomic E-state index is 0.00296. The number of nitrogens with zero attached hydrogens (tertiary/aromatic N) is 3. The summed E-state index contributed by atoms with van der Waals surface area (Å²) in [5.74, 6) is 0.581. The lowest BCUT2D eigenvalue weighted by atomic mass is 9.55. The van der Waals surface area contributed by atoms with E-state index in [0.717, 1.165) is 21.9 Å². The van der Waals surface area contributed by atoms with Gasteiger partial charge >= 0.3 is 0 Å². The molecule has 21 heteroatoms. The number of fused-ring (bicyclic) bond motifs is 5. The van der Waals surface area contributed by atoms with E-state index in [1.54, 1.807) is 0 Å². The maximum atomic E-state index is 7.50. The van der Waals surface area contributed by atoms with Crippen molar-refractivity contribution < 1.29 is 4.42 Å². The Kier molecular flexibility index (Phi) is 12.3. The molecule has 9 aromatic carbocycles. The van der Waals surface area contributed by atoms with Crippen LogP contribution in [0.1, 0.15) is 0 Å². The molecule has 11 aromatic rings. The molecule has 0 fully saturated rings. The number of benzene rings is 9. The third-order valence-electron chi connectivity index (χ3n) is 13.9. The third kappa shape index (κ3) is 7.41. The number of hydrogen-bond donors (Lipinski definition) is 0. The summed E-state index contributed by atoms with van der Waals surface area (Å²) in [7, 11) is 115. The quantitative estimate of drug-likeness (QED) is 0.156. The first-order valence-corrected chi connectivity index (χ1v) is 22.7. The van der Waals surface area contributed by atoms with Crippen LogP contribution >= 0.6 is 0 Å². The lowest BCUT2D eigenvalue weighted by molar-refractivity contribution is 0.675. The van der Waals surface area contributed by atoms with Crippen molar-refractivity contribution in [2.24, 2.45) is 0 Å². The van der Waals surface area contributed by atoms with Crippen LogP contribution in [0.15, 0.2) is 101 Å². The van der Waals surface area contributed by atoms with E-state index < -0.39 is 0 Å². The molecule has 2 heterocycles. The summed E-state index contributed by atoms with van der Waals surface area (Å²) < 4.78 is 6.72. The summed E-state index contributed by atoms with van der Waals surface area (Å²) in [6, 6.07) is 31.6. The molecule has 0 saturated carbocycles. The molecule has 4 nitrogen and oxygen atoms in total. The Bertz CT molecular complexity index is 4220. The molecule has 0 spiro atoms. The Morgan fingerprint density at radius 3 is 1.22 bits per heavy atom. The zero-order chi connectivity index (χ0) is 52.5. The minimum atomic E-state index is -0.154. The van der Waals surface area contributed by atoms with Gasteiger partial charge < -0.3 is 4.42 Å². The highest BCUT2D eigenvalue weighted by Gasteiger charge is 2.30. The molecule has 74 heavy (non-hydrogen) atoms. The van der Waals surface area contributed by atoms with Crippen molar-refractivity contribution in [2.75, 3.05) is 0 Å². The highest BCUT2D eigenvalue weighted by molar-refractivity contribution is 6.73. The summed E-state index contributed by atoms with van der Waals surface area (Å²) in [6.07, 6.45) is 0. The molecule has 0 atom stereocenters. The second-order valence-electron chi connectivity index (χ2n) is 18.0. The third-order valence-corrected chi connectivity index (χ3v) is 13.9. The fraction of sp³-hybridized carbons (Fsp3) is 0. The van der Waals surface area contributed by atoms with Gasteiger partial charge in [0.2, 0.25) is 0 Å². The highest BCUT2D eigenvalue weighted by atomic mass is 16.3. The van der Waals surface area contributed by atoms with Crippen molar-refractivity contribution in [3.05, 3.63) is 97.1 Å². The molecule has 34 radical (unpaired) electrons. The molecular formula is C53H16B17N3O. The highest BCUT2D eigenvalue weighted by Crippen LogP contribution is 2.37. The average molecular weight is 895 g/mol. The summed E-state index contributed by atoms with van der Waals surface area (Å²) in [6.45, 7) is 0. The molecule has 300 valence electrons. The maximum absolute atomic E-state index is 7.50. The van der Waals surface area contributed by atoms with Crippen LogP contribution in [0, 0.1) is 0 Å². The van der Waals surface area contributed by atoms with Crippen LogP contribution in [-0.2, 0) is 0 Å². The molecule has 11 rings (SSSR count). The van der Waals surface area contributed by atoms with Gasteiger partial charge in [0.1, 0.15) is 145 Å². The molecule has 0 unspecified atom stereocenters. The van der Waals surface area contributed by atoms with Crippen LogP contribution in [-0.4, -0.2) is 148 Å². The van der Waals surface area contributed by atoms with Gasteiger partial charge in [0, 0.05) is 27.5 Å². The molecule has 0 aliphatic heterocycles. The Labute approximate surface area is 451 Å². The van der Waals surface area contributed by atoms with Gasteiger partial charge in [0.25, 0.3) is 0 Å². The summed E-state index contributed by atoms with van der Waals surface area (Å²) in [4.78, 5) is 15.0. The molecule has 0 aliphatic rings. The summed E-state index contributed by atoms with van der Waals surface area (Å²) in [5, 5.41) is 2.92. The standard InChI is InChI=1S/C53H16B17N3O/c54-32-23(25-34(56)36(58)27(37(59)35(25)57)28-39(61)46(68)48(70)47(69)40(28)62)24-30-33(55)26-29(41(63)45(67)44(66)38(26)60)42(64)50(30)74-49(24)43(65)31(32)53-72-51(19-7-2-1-3-8-19)71-52(73-53)20-13-10-18(11-14-20)22-15-12-17-6-4-5-9-21(17)16-22/h1-16H. The lowest BCUT2D eigenvalue weighted by Gasteiger charge is -2.29. The van der Waals surface area contributed by atoms with Crippen LogP contribution in [0.2, 0.25) is 0 Å². The topological polar surface area (TPSA) is 51.8 Å². The van der Waals surface area contributed by atoms with Gasteiger partial charge in [-0.15, -0.1) is 27.3 Å². The van der Waals surface area contributed by atoms with Crippen LogP contribution in [0.4, 0.5) is 0 Å². The Hall–Kier alpha value is -6.59. The first kappa shape index (κ1) is 49.6. The molecule has 0 bridgehead atoms. The van der Waals surface area contributed by atoms with Gasteiger partial charge in [-0.3, -0.25) is 0 Å². The number of hydrogen-bond acceptors (Lipinski definition) is 4. The zero-order valence-electron chi connectivity index (χ0n) is 39.3. The molecule has 0 N–H and O–H groups in total. The van der Waals surface area contributed by atoms with E-state index in [2.05, 4.69) is 30.3 Å². The SMILES string of the molecule is [B]c1c([B])c([B])c(-c2c([B])c([B])c(-c3c([B])c(-c4nc(-c5ccccc5)nc(-c5ccc(-c6ccc7ccccc7c6)cc5)n4)c([B])c4oc5c([B])c6c([B])c([B])c([B])c([B])c6c([B])c5c34)c([B])c2[B])c([B])c1[B]. The van der Waals surface area contributed by atoms with E-state index in [1.165, 1.54) is 0 Å². The number of aromatic nitrogens is 3. The minimum Gasteiger partial charge on any atom is -0.457 e. The molecule has 0 saturated heterocycles. The van der Waals surface area contributed by atoms with Crippen molar-refractivity contribution in [2.45, 2.75) is 0 Å². The van der Waals surface area contributed by atoms with Crippen molar-refractivity contribution in [3.63, 3.8) is 0 Å². The monoisotopic (exact) mass is 897 g/mol. The van der Waals surface area contributed by atoms with E-state index >= 15 is 0 Å². The van der Waals surface area contributed by atoms with Crippen LogP contribution in [0.5, 0.6) is 0 Å². The second-order valence-corrected chi connectivity index (χ2v) is 18.0. The molecular weight excluding hydrogens is 878 g/mol.